The van der Waals surface area contributed by atoms with Crippen LogP contribution >= 0.6 is 0 Å². The second-order valence-electron chi connectivity index (χ2n) is 12.2. The first kappa shape index (κ1) is 26.0. The molecule has 1 aliphatic carbocycles. The molecular formula is C30H41N3O4. The van der Waals surface area contributed by atoms with Crippen LogP contribution in [0, 0.1) is 36.5 Å². The highest BCUT2D eigenvalue weighted by Gasteiger charge is 2.72. The number of ether oxygens (including phenoxy) is 1. The third-order valence-electron chi connectivity index (χ3n) is 9.19. The number of carbonyl (C=O) groups excluding carboxylic acids is 3. The fraction of sp³-hybridized carbons (Fsp3) is 0.633. The minimum atomic E-state index is -1.11. The van der Waals surface area contributed by atoms with Crippen molar-refractivity contribution in [2.45, 2.75) is 84.1 Å². The molecule has 7 nitrogen and oxygen atoms in total. The Kier molecular flexibility index (Phi) is 6.94. The number of nitrogens with zero attached hydrogens (tertiary/aromatic N) is 1. The second-order valence-corrected chi connectivity index (χ2v) is 12.2. The summed E-state index contributed by atoms with van der Waals surface area (Å²) in [5, 5.41) is 6.31. The highest BCUT2D eigenvalue weighted by atomic mass is 16.5. The molecule has 3 amide bonds. The van der Waals surface area contributed by atoms with E-state index in [4.69, 9.17) is 4.74 Å². The molecule has 0 unspecified atom stereocenters. The lowest BCUT2D eigenvalue weighted by Crippen LogP contribution is -2.58. The predicted molar refractivity (Wildman–Crippen MR) is 143 cm³/mol. The summed E-state index contributed by atoms with van der Waals surface area (Å²) in [5.41, 5.74) is 0.627. The zero-order valence-corrected chi connectivity index (χ0v) is 22.7. The first-order valence-corrected chi connectivity index (χ1v) is 14.0. The lowest BCUT2D eigenvalue weighted by molar-refractivity contribution is -0.141. The predicted octanol–water partition coefficient (Wildman–Crippen LogP) is 4.07. The number of likely N-dealkylation sites (tertiary alicyclic amines) is 1. The number of benzene rings is 1. The van der Waals surface area contributed by atoms with E-state index in [0.717, 1.165) is 24.8 Å². The molecule has 1 spiro atoms. The number of fused-ring (bicyclic) bond motifs is 1. The Hall–Kier alpha value is -2.67. The van der Waals surface area contributed by atoms with Crippen LogP contribution in [-0.4, -0.2) is 53.0 Å². The average Bonchev–Trinajstić information content (AvgIpc) is 3.48. The molecule has 5 rings (SSSR count). The number of amides is 3. The Balaban J connectivity index is 1.43. The lowest BCUT2D eigenvalue weighted by Gasteiger charge is -2.38. The van der Waals surface area contributed by atoms with E-state index in [-0.39, 0.29) is 23.8 Å². The summed E-state index contributed by atoms with van der Waals surface area (Å²) in [4.78, 5) is 43.2. The largest absolute Gasteiger partial charge is 0.359 e. The van der Waals surface area contributed by atoms with Crippen LogP contribution in [0.15, 0.2) is 36.4 Å². The molecule has 1 saturated carbocycles. The number of hydrogen-bond donors (Lipinski definition) is 2. The summed E-state index contributed by atoms with van der Waals surface area (Å²) in [6.45, 7) is 11.1. The summed E-state index contributed by atoms with van der Waals surface area (Å²) in [6.07, 6.45) is 7.24. The number of rotatable bonds is 7. The van der Waals surface area contributed by atoms with Gasteiger partial charge in [-0.2, -0.15) is 0 Å². The van der Waals surface area contributed by atoms with E-state index >= 15 is 0 Å². The second kappa shape index (κ2) is 9.90. The van der Waals surface area contributed by atoms with Gasteiger partial charge in [0.2, 0.25) is 17.7 Å². The van der Waals surface area contributed by atoms with Crippen molar-refractivity contribution in [3.63, 3.8) is 0 Å². The molecular weight excluding hydrogens is 466 g/mol. The van der Waals surface area contributed by atoms with Crippen LogP contribution in [-0.2, 0) is 19.1 Å². The molecule has 2 saturated heterocycles. The third kappa shape index (κ3) is 4.49. The number of nitrogens with one attached hydrogen (secondary N) is 2. The summed E-state index contributed by atoms with van der Waals surface area (Å²) in [7, 11) is 0. The van der Waals surface area contributed by atoms with E-state index < -0.39 is 29.6 Å². The molecule has 0 radical (unpaired) electrons. The highest BCUT2D eigenvalue weighted by Crippen LogP contribution is 2.55. The Morgan fingerprint density at radius 2 is 1.97 bits per heavy atom. The van der Waals surface area contributed by atoms with Gasteiger partial charge in [-0.05, 0) is 55.2 Å². The molecule has 2 N–H and O–H groups in total. The minimum Gasteiger partial charge on any atom is -0.359 e. The number of anilines is 1. The Morgan fingerprint density at radius 3 is 2.70 bits per heavy atom. The molecule has 37 heavy (non-hydrogen) atoms. The van der Waals surface area contributed by atoms with Crippen molar-refractivity contribution >= 4 is 23.4 Å². The summed E-state index contributed by atoms with van der Waals surface area (Å²) in [6, 6.07) is 6.93. The van der Waals surface area contributed by atoms with E-state index in [9.17, 15) is 14.4 Å². The average molecular weight is 508 g/mol. The monoisotopic (exact) mass is 507 g/mol. The van der Waals surface area contributed by atoms with Crippen LogP contribution < -0.4 is 10.6 Å². The van der Waals surface area contributed by atoms with Gasteiger partial charge in [0.15, 0.2) is 0 Å². The summed E-state index contributed by atoms with van der Waals surface area (Å²) < 4.78 is 6.46. The van der Waals surface area contributed by atoms with Crippen molar-refractivity contribution in [3.8, 4) is 0 Å². The molecule has 3 heterocycles. The van der Waals surface area contributed by atoms with E-state index in [0.29, 0.717) is 30.0 Å². The highest BCUT2D eigenvalue weighted by molar-refractivity contribution is 6.02. The third-order valence-corrected chi connectivity index (χ3v) is 9.19. The Morgan fingerprint density at radius 1 is 1.19 bits per heavy atom. The summed E-state index contributed by atoms with van der Waals surface area (Å²) >= 11 is 0. The normalized spacial score (nSPS) is 36.2. The first-order valence-electron chi connectivity index (χ1n) is 14.0. The zero-order chi connectivity index (χ0) is 26.5. The van der Waals surface area contributed by atoms with E-state index in [2.05, 4.69) is 38.3 Å². The van der Waals surface area contributed by atoms with E-state index in [1.54, 1.807) is 4.90 Å². The molecule has 8 atom stereocenters. The zero-order valence-electron chi connectivity index (χ0n) is 22.7. The van der Waals surface area contributed by atoms with Crippen molar-refractivity contribution in [1.29, 1.82) is 0 Å². The van der Waals surface area contributed by atoms with E-state index in [1.807, 2.05) is 43.3 Å². The first-order chi connectivity index (χ1) is 17.6. The molecule has 7 heteroatoms. The quantitative estimate of drug-likeness (QED) is 0.545. The lowest BCUT2D eigenvalue weighted by atomic mass is 9.73. The fourth-order valence-corrected chi connectivity index (χ4v) is 6.90. The SMILES string of the molecule is Cc1cccc(NC(=O)[C@H]2[C@H]3C=C[C@@]4(O3)[C@H]2C(=O)N(CCC(C)C)[C@@H]4C(=O)N[C@@H]2CCC[C@H](C)[C@@H]2C)c1. The number of aryl methyl sites for hydroxylation is 1. The molecule has 2 bridgehead atoms. The fourth-order valence-electron chi connectivity index (χ4n) is 6.90. The van der Waals surface area contributed by atoms with Crippen molar-refractivity contribution in [1.82, 2.24) is 10.2 Å². The van der Waals surface area contributed by atoms with Gasteiger partial charge < -0.3 is 20.3 Å². The molecule has 3 aliphatic heterocycles. The number of hydrogen-bond acceptors (Lipinski definition) is 4. The molecule has 3 fully saturated rings. The van der Waals surface area contributed by atoms with Gasteiger partial charge in [0.05, 0.1) is 17.9 Å². The molecule has 1 aromatic carbocycles. The van der Waals surface area contributed by atoms with Crippen LogP contribution in [0.5, 0.6) is 0 Å². The van der Waals surface area contributed by atoms with Gasteiger partial charge in [0.25, 0.3) is 0 Å². The Bertz CT molecular complexity index is 1100. The van der Waals surface area contributed by atoms with Crippen LogP contribution in [0.3, 0.4) is 0 Å². The smallest absolute Gasteiger partial charge is 0.246 e. The maximum absolute atomic E-state index is 14.0. The van der Waals surface area contributed by atoms with Gasteiger partial charge in [-0.1, -0.05) is 64.8 Å². The minimum absolute atomic E-state index is 0.0803. The van der Waals surface area contributed by atoms with Gasteiger partial charge in [-0.15, -0.1) is 0 Å². The van der Waals surface area contributed by atoms with Crippen molar-refractivity contribution in [2.24, 2.45) is 29.6 Å². The summed E-state index contributed by atoms with van der Waals surface area (Å²) in [5.74, 6) is -0.639. The molecule has 4 aliphatic rings. The van der Waals surface area contributed by atoms with Crippen LogP contribution in [0.1, 0.15) is 58.9 Å². The molecule has 200 valence electrons. The van der Waals surface area contributed by atoms with Crippen molar-refractivity contribution < 1.29 is 19.1 Å². The van der Waals surface area contributed by atoms with Crippen LogP contribution in [0.2, 0.25) is 0 Å². The van der Waals surface area contributed by atoms with Crippen molar-refractivity contribution in [3.05, 3.63) is 42.0 Å². The maximum atomic E-state index is 14.0. The molecule has 0 aromatic heterocycles. The van der Waals surface area contributed by atoms with Gasteiger partial charge >= 0.3 is 0 Å². The van der Waals surface area contributed by atoms with Gasteiger partial charge in [-0.3, -0.25) is 14.4 Å². The van der Waals surface area contributed by atoms with Crippen LogP contribution in [0.4, 0.5) is 5.69 Å². The van der Waals surface area contributed by atoms with Crippen LogP contribution in [0.25, 0.3) is 0 Å². The van der Waals surface area contributed by atoms with Gasteiger partial charge in [0.1, 0.15) is 11.6 Å². The van der Waals surface area contributed by atoms with Gasteiger partial charge in [-0.25, -0.2) is 0 Å². The van der Waals surface area contributed by atoms with Gasteiger partial charge in [0, 0.05) is 18.3 Å². The maximum Gasteiger partial charge on any atom is 0.246 e. The Labute approximate surface area is 220 Å². The standard InChI is InChI=1S/C30H41N3O4/c1-17(2)13-15-33-26(28(35)32-22-11-7-9-19(4)20(22)5)30-14-12-23(37-30)24(25(30)29(33)36)27(34)31-21-10-6-8-18(3)16-21/h6,8,10,12,14,16-17,19-20,22-26H,7,9,11,13,15H2,1-5H3,(H,31,34)(H,32,35)/t19-,20-,22+,23+,24-,25+,26+,30+/m0/s1. The number of carbonyl (C=O) groups is 3. The topological polar surface area (TPSA) is 87.7 Å². The van der Waals surface area contributed by atoms with Crippen molar-refractivity contribution in [2.75, 3.05) is 11.9 Å². The molecule has 1 aromatic rings. The van der Waals surface area contributed by atoms with E-state index in [1.165, 1.54) is 6.42 Å².